The molecule has 15 heavy (non-hydrogen) atoms. The minimum absolute atomic E-state index is 0.281. The lowest BCUT2D eigenvalue weighted by Gasteiger charge is -2.02. The standard InChI is InChI=1S/C8H7BrN2O4/c9-6-2-1-5(3-10-6)8(14)11-15-4-7(12)13/h1-3H,4H2,(H,11,14)(H,12,13). The molecule has 0 atom stereocenters. The van der Waals surface area contributed by atoms with Gasteiger partial charge in [-0.2, -0.15) is 0 Å². The van der Waals surface area contributed by atoms with Crippen molar-refractivity contribution in [3.8, 4) is 0 Å². The summed E-state index contributed by atoms with van der Waals surface area (Å²) in [4.78, 5) is 29.6. The zero-order valence-electron chi connectivity index (χ0n) is 7.44. The van der Waals surface area contributed by atoms with E-state index in [0.717, 1.165) is 0 Å². The molecule has 2 N–H and O–H groups in total. The Kier molecular flexibility index (Phi) is 4.19. The summed E-state index contributed by atoms with van der Waals surface area (Å²) in [5.41, 5.74) is 2.26. The summed E-state index contributed by atoms with van der Waals surface area (Å²) in [6.07, 6.45) is 1.34. The molecular formula is C8H7BrN2O4. The lowest BCUT2D eigenvalue weighted by Crippen LogP contribution is -2.26. The van der Waals surface area contributed by atoms with Crippen molar-refractivity contribution < 1.29 is 19.5 Å². The van der Waals surface area contributed by atoms with Gasteiger partial charge in [0.25, 0.3) is 5.91 Å². The third-order valence-corrected chi connectivity index (χ3v) is 1.82. The van der Waals surface area contributed by atoms with Gasteiger partial charge in [-0.15, -0.1) is 0 Å². The summed E-state index contributed by atoms with van der Waals surface area (Å²) in [5.74, 6) is -1.71. The Balaban J connectivity index is 2.47. The first kappa shape index (κ1) is 11.6. The molecule has 80 valence electrons. The summed E-state index contributed by atoms with van der Waals surface area (Å²) < 4.78 is 0.602. The maximum absolute atomic E-state index is 11.3. The maximum Gasteiger partial charge on any atom is 0.332 e. The van der Waals surface area contributed by atoms with Crippen molar-refractivity contribution >= 4 is 27.8 Å². The number of nitrogens with zero attached hydrogens (tertiary/aromatic N) is 1. The summed E-state index contributed by atoms with van der Waals surface area (Å²) >= 11 is 3.11. The highest BCUT2D eigenvalue weighted by molar-refractivity contribution is 9.10. The van der Waals surface area contributed by atoms with Crippen LogP contribution in [-0.4, -0.2) is 28.6 Å². The molecule has 0 fully saturated rings. The second-order valence-electron chi connectivity index (χ2n) is 2.48. The van der Waals surface area contributed by atoms with Gasteiger partial charge in [-0.05, 0) is 28.1 Å². The van der Waals surface area contributed by atoms with Gasteiger partial charge in [0.15, 0.2) is 6.61 Å². The van der Waals surface area contributed by atoms with Gasteiger partial charge in [0, 0.05) is 6.20 Å². The summed E-state index contributed by atoms with van der Waals surface area (Å²) in [5, 5.41) is 8.24. The molecule has 0 saturated heterocycles. The van der Waals surface area contributed by atoms with Crippen molar-refractivity contribution in [2.75, 3.05) is 6.61 Å². The zero-order chi connectivity index (χ0) is 11.3. The third-order valence-electron chi connectivity index (χ3n) is 1.35. The van der Waals surface area contributed by atoms with E-state index in [1.165, 1.54) is 12.3 Å². The van der Waals surface area contributed by atoms with Gasteiger partial charge in [0.05, 0.1) is 5.56 Å². The van der Waals surface area contributed by atoms with Crippen molar-refractivity contribution in [3.05, 3.63) is 28.5 Å². The molecule has 0 spiro atoms. The smallest absolute Gasteiger partial charge is 0.332 e. The second-order valence-corrected chi connectivity index (χ2v) is 3.30. The number of aromatic nitrogens is 1. The molecule has 0 aliphatic carbocycles. The fourth-order valence-electron chi connectivity index (χ4n) is 0.732. The van der Waals surface area contributed by atoms with Crippen LogP contribution < -0.4 is 5.48 Å². The van der Waals surface area contributed by atoms with E-state index >= 15 is 0 Å². The molecule has 7 heteroatoms. The van der Waals surface area contributed by atoms with Crippen LogP contribution in [0.3, 0.4) is 0 Å². The normalized spacial score (nSPS) is 9.67. The van der Waals surface area contributed by atoms with Crippen LogP contribution in [0.2, 0.25) is 0 Å². The monoisotopic (exact) mass is 274 g/mol. The number of hydroxylamine groups is 1. The number of aliphatic carboxylic acids is 1. The molecule has 0 unspecified atom stereocenters. The number of nitrogens with one attached hydrogen (secondary N) is 1. The van der Waals surface area contributed by atoms with Gasteiger partial charge in [0.2, 0.25) is 0 Å². The number of hydrogen-bond donors (Lipinski definition) is 2. The van der Waals surface area contributed by atoms with Gasteiger partial charge in [0.1, 0.15) is 4.60 Å². The van der Waals surface area contributed by atoms with Crippen LogP contribution in [0.4, 0.5) is 0 Å². The van der Waals surface area contributed by atoms with Gasteiger partial charge < -0.3 is 5.11 Å². The summed E-state index contributed by atoms with van der Waals surface area (Å²) in [6, 6.07) is 3.11. The highest BCUT2D eigenvalue weighted by atomic mass is 79.9. The SMILES string of the molecule is O=C(O)CONC(=O)c1ccc(Br)nc1. The lowest BCUT2D eigenvalue weighted by atomic mass is 10.3. The summed E-state index contributed by atoms with van der Waals surface area (Å²) in [7, 11) is 0. The molecule has 1 aromatic rings. The number of carbonyl (C=O) groups excluding carboxylic acids is 1. The molecule has 0 saturated carbocycles. The van der Waals surface area contributed by atoms with E-state index in [-0.39, 0.29) is 5.56 Å². The van der Waals surface area contributed by atoms with E-state index in [1.807, 2.05) is 5.48 Å². The molecule has 6 nitrogen and oxygen atoms in total. The minimum Gasteiger partial charge on any atom is -0.479 e. The highest BCUT2D eigenvalue weighted by Crippen LogP contribution is 2.05. The van der Waals surface area contributed by atoms with Crippen molar-refractivity contribution in [1.82, 2.24) is 10.5 Å². The van der Waals surface area contributed by atoms with Crippen LogP contribution in [0.25, 0.3) is 0 Å². The van der Waals surface area contributed by atoms with Crippen LogP contribution in [0.1, 0.15) is 10.4 Å². The number of carboxylic acid groups (broad SMARTS) is 1. The number of amides is 1. The number of halogens is 1. The van der Waals surface area contributed by atoms with E-state index in [2.05, 4.69) is 25.8 Å². The van der Waals surface area contributed by atoms with Crippen molar-refractivity contribution in [3.63, 3.8) is 0 Å². The van der Waals surface area contributed by atoms with Crippen molar-refractivity contribution in [2.24, 2.45) is 0 Å². The summed E-state index contributed by atoms with van der Waals surface area (Å²) in [6.45, 7) is -0.588. The Bertz CT molecular complexity index is 365. The molecule has 0 radical (unpaired) electrons. The van der Waals surface area contributed by atoms with Crippen LogP contribution in [-0.2, 0) is 9.63 Å². The molecule has 0 bridgehead atoms. The van der Waals surface area contributed by atoms with E-state index < -0.39 is 18.5 Å². The van der Waals surface area contributed by atoms with Crippen LogP contribution >= 0.6 is 15.9 Å². The van der Waals surface area contributed by atoms with Crippen LogP contribution in [0.5, 0.6) is 0 Å². The third kappa shape index (κ3) is 4.05. The zero-order valence-corrected chi connectivity index (χ0v) is 9.02. The highest BCUT2D eigenvalue weighted by Gasteiger charge is 2.06. The Morgan fingerprint density at radius 1 is 1.53 bits per heavy atom. The minimum atomic E-state index is -1.16. The molecule has 1 heterocycles. The van der Waals surface area contributed by atoms with Crippen molar-refractivity contribution in [1.29, 1.82) is 0 Å². The van der Waals surface area contributed by atoms with Crippen LogP contribution in [0, 0.1) is 0 Å². The van der Waals surface area contributed by atoms with E-state index in [0.29, 0.717) is 4.60 Å². The second kappa shape index (κ2) is 5.42. The topological polar surface area (TPSA) is 88.5 Å². The number of pyridine rings is 1. The van der Waals surface area contributed by atoms with Gasteiger partial charge >= 0.3 is 5.97 Å². The van der Waals surface area contributed by atoms with E-state index in [4.69, 9.17) is 5.11 Å². The number of rotatable bonds is 4. The lowest BCUT2D eigenvalue weighted by molar-refractivity contribution is -0.144. The molecule has 0 aliphatic rings. The Hall–Kier alpha value is -1.47. The van der Waals surface area contributed by atoms with Gasteiger partial charge in [-0.1, -0.05) is 0 Å². The van der Waals surface area contributed by atoms with Crippen molar-refractivity contribution in [2.45, 2.75) is 0 Å². The Morgan fingerprint density at radius 2 is 2.27 bits per heavy atom. The largest absolute Gasteiger partial charge is 0.479 e. The molecule has 1 aromatic heterocycles. The Labute approximate surface area is 93.3 Å². The average Bonchev–Trinajstić information content (AvgIpc) is 2.18. The van der Waals surface area contributed by atoms with Crippen LogP contribution in [0.15, 0.2) is 22.9 Å². The molecular weight excluding hydrogens is 268 g/mol. The molecule has 1 amide bonds. The molecule has 0 aliphatic heterocycles. The predicted molar refractivity (Wildman–Crippen MR) is 53.0 cm³/mol. The fraction of sp³-hybridized carbons (Fsp3) is 0.125. The first-order chi connectivity index (χ1) is 7.09. The Morgan fingerprint density at radius 3 is 2.80 bits per heavy atom. The quantitative estimate of drug-likeness (QED) is 0.620. The van der Waals surface area contributed by atoms with E-state index in [1.54, 1.807) is 6.07 Å². The predicted octanol–water partition coefficient (Wildman–Crippen LogP) is 0.590. The first-order valence-corrected chi connectivity index (χ1v) is 4.64. The maximum atomic E-state index is 11.3. The van der Waals surface area contributed by atoms with Gasteiger partial charge in [-0.3, -0.25) is 9.63 Å². The number of hydrogen-bond acceptors (Lipinski definition) is 4. The first-order valence-electron chi connectivity index (χ1n) is 3.85. The molecule has 0 aromatic carbocycles. The number of carbonyl (C=O) groups is 2. The number of carboxylic acids is 1. The fourth-order valence-corrected chi connectivity index (χ4v) is 0.967. The van der Waals surface area contributed by atoms with E-state index in [9.17, 15) is 9.59 Å². The van der Waals surface area contributed by atoms with Gasteiger partial charge in [-0.25, -0.2) is 15.3 Å². The molecule has 1 rings (SSSR count). The average molecular weight is 275 g/mol.